The summed E-state index contributed by atoms with van der Waals surface area (Å²) in [5.41, 5.74) is 0. The lowest BCUT2D eigenvalue weighted by Crippen LogP contribution is -2.24. The smallest absolute Gasteiger partial charge is 0.305 e. The van der Waals surface area contributed by atoms with Gasteiger partial charge in [0.2, 0.25) is 5.91 Å². The first kappa shape index (κ1) is 12.4. The minimum absolute atomic E-state index is 0.138. The molecular formula is C10H17NO3S. The van der Waals surface area contributed by atoms with Gasteiger partial charge in [-0.2, -0.15) is 0 Å². The molecule has 0 aromatic carbocycles. The van der Waals surface area contributed by atoms with Gasteiger partial charge < -0.3 is 10.1 Å². The first-order valence-corrected chi connectivity index (χ1v) is 6.25. The fourth-order valence-electron chi connectivity index (χ4n) is 1.47. The largest absolute Gasteiger partial charge is 0.469 e. The summed E-state index contributed by atoms with van der Waals surface area (Å²) in [5.74, 6) is 0.588. The Balaban J connectivity index is 1.93. The van der Waals surface area contributed by atoms with Gasteiger partial charge in [0, 0.05) is 6.42 Å². The third-order valence-electron chi connectivity index (χ3n) is 2.31. The third-order valence-corrected chi connectivity index (χ3v) is 3.50. The Morgan fingerprint density at radius 2 is 2.33 bits per heavy atom. The molecule has 1 atom stereocenters. The maximum absolute atomic E-state index is 10.9. The van der Waals surface area contributed by atoms with Crippen LogP contribution in [0.25, 0.3) is 0 Å². The van der Waals surface area contributed by atoms with E-state index in [2.05, 4.69) is 10.1 Å². The molecule has 0 aliphatic carbocycles. The lowest BCUT2D eigenvalue weighted by molar-refractivity contribution is -0.140. The summed E-state index contributed by atoms with van der Waals surface area (Å²) in [6.07, 6.45) is 4.44. The summed E-state index contributed by atoms with van der Waals surface area (Å²) < 4.78 is 4.54. The molecule has 1 N–H and O–H groups in total. The van der Waals surface area contributed by atoms with E-state index < -0.39 is 0 Å². The van der Waals surface area contributed by atoms with Gasteiger partial charge in [0.1, 0.15) is 0 Å². The van der Waals surface area contributed by atoms with E-state index in [0.717, 1.165) is 25.7 Å². The zero-order valence-electron chi connectivity index (χ0n) is 8.95. The number of ether oxygens (including phenoxy) is 1. The molecular weight excluding hydrogens is 214 g/mol. The Morgan fingerprint density at radius 3 is 2.93 bits per heavy atom. The van der Waals surface area contributed by atoms with Crippen molar-refractivity contribution in [2.24, 2.45) is 0 Å². The summed E-state index contributed by atoms with van der Waals surface area (Å²) in [5, 5.41) is 3.18. The first-order chi connectivity index (χ1) is 7.22. The SMILES string of the molecule is COC(=O)CCCCCC1NC(=O)CS1. The second-order valence-electron chi connectivity index (χ2n) is 3.54. The minimum atomic E-state index is -0.140. The van der Waals surface area contributed by atoms with Gasteiger partial charge in [0.25, 0.3) is 0 Å². The topological polar surface area (TPSA) is 55.4 Å². The van der Waals surface area contributed by atoms with Crippen molar-refractivity contribution in [3.63, 3.8) is 0 Å². The maximum atomic E-state index is 10.9. The fourth-order valence-corrected chi connectivity index (χ4v) is 2.46. The molecule has 1 saturated heterocycles. The number of nitrogens with one attached hydrogen (secondary N) is 1. The van der Waals surface area contributed by atoms with Crippen molar-refractivity contribution >= 4 is 23.6 Å². The number of thioether (sulfide) groups is 1. The highest BCUT2D eigenvalue weighted by Crippen LogP contribution is 2.20. The number of methoxy groups -OCH3 is 1. The number of esters is 1. The highest BCUT2D eigenvalue weighted by molar-refractivity contribution is 8.01. The maximum Gasteiger partial charge on any atom is 0.305 e. The molecule has 86 valence electrons. The summed E-state index contributed by atoms with van der Waals surface area (Å²) in [4.78, 5) is 21.7. The highest BCUT2D eigenvalue weighted by Gasteiger charge is 2.20. The van der Waals surface area contributed by atoms with Crippen molar-refractivity contribution in [1.82, 2.24) is 5.32 Å². The molecule has 1 amide bonds. The number of amides is 1. The molecule has 4 nitrogen and oxygen atoms in total. The standard InChI is InChI=1S/C10H17NO3S/c1-14-10(13)6-4-2-3-5-9-11-8(12)7-15-9/h9H,2-7H2,1H3,(H,11,12). The molecule has 1 rings (SSSR count). The van der Waals surface area contributed by atoms with Crippen molar-refractivity contribution in [3.8, 4) is 0 Å². The van der Waals surface area contributed by atoms with Crippen molar-refractivity contribution in [2.75, 3.05) is 12.9 Å². The van der Waals surface area contributed by atoms with Gasteiger partial charge in [-0.3, -0.25) is 9.59 Å². The van der Waals surface area contributed by atoms with Crippen LogP contribution in [0.3, 0.4) is 0 Å². The number of unbranched alkanes of at least 4 members (excludes halogenated alkanes) is 2. The molecule has 1 unspecified atom stereocenters. The van der Waals surface area contributed by atoms with Gasteiger partial charge in [-0.05, 0) is 12.8 Å². The second kappa shape index (κ2) is 6.71. The number of hydrogen-bond donors (Lipinski definition) is 1. The van der Waals surface area contributed by atoms with Crippen LogP contribution in [0, 0.1) is 0 Å². The van der Waals surface area contributed by atoms with Crippen LogP contribution in [0.4, 0.5) is 0 Å². The molecule has 0 spiro atoms. The van der Waals surface area contributed by atoms with Crippen molar-refractivity contribution < 1.29 is 14.3 Å². The van der Waals surface area contributed by atoms with Crippen LogP contribution in [-0.2, 0) is 14.3 Å². The van der Waals surface area contributed by atoms with Crippen LogP contribution in [0.2, 0.25) is 0 Å². The van der Waals surface area contributed by atoms with E-state index in [9.17, 15) is 9.59 Å². The quantitative estimate of drug-likeness (QED) is 0.553. The highest BCUT2D eigenvalue weighted by atomic mass is 32.2. The average molecular weight is 231 g/mol. The number of rotatable bonds is 6. The van der Waals surface area contributed by atoms with E-state index in [1.807, 2.05) is 0 Å². The van der Waals surface area contributed by atoms with Gasteiger partial charge in [-0.1, -0.05) is 12.8 Å². The predicted molar refractivity (Wildman–Crippen MR) is 59.5 cm³/mol. The first-order valence-electron chi connectivity index (χ1n) is 5.20. The van der Waals surface area contributed by atoms with Crippen LogP contribution in [-0.4, -0.2) is 30.1 Å². The lowest BCUT2D eigenvalue weighted by atomic mass is 10.1. The Bertz CT molecular complexity index is 233. The van der Waals surface area contributed by atoms with Gasteiger partial charge >= 0.3 is 5.97 Å². The monoisotopic (exact) mass is 231 g/mol. The van der Waals surface area contributed by atoms with E-state index in [-0.39, 0.29) is 17.3 Å². The molecule has 0 bridgehead atoms. The Kier molecular flexibility index (Phi) is 5.53. The molecule has 0 aromatic rings. The van der Waals surface area contributed by atoms with Crippen molar-refractivity contribution in [3.05, 3.63) is 0 Å². The summed E-state index contributed by atoms with van der Waals surface area (Å²) in [7, 11) is 1.41. The predicted octanol–water partition coefficient (Wildman–Crippen LogP) is 1.30. The number of carbonyl (C=O) groups is 2. The second-order valence-corrected chi connectivity index (χ2v) is 4.73. The molecule has 1 aliphatic heterocycles. The van der Waals surface area contributed by atoms with Crippen LogP contribution >= 0.6 is 11.8 Å². The Morgan fingerprint density at radius 1 is 1.53 bits per heavy atom. The van der Waals surface area contributed by atoms with Gasteiger partial charge in [0.15, 0.2) is 0 Å². The van der Waals surface area contributed by atoms with Crippen molar-refractivity contribution in [2.45, 2.75) is 37.5 Å². The molecule has 1 heterocycles. The van der Waals surface area contributed by atoms with Gasteiger partial charge in [-0.15, -0.1) is 11.8 Å². The van der Waals surface area contributed by atoms with Crippen molar-refractivity contribution in [1.29, 1.82) is 0 Å². The lowest BCUT2D eigenvalue weighted by Gasteiger charge is -2.07. The number of hydrogen-bond acceptors (Lipinski definition) is 4. The zero-order valence-corrected chi connectivity index (χ0v) is 9.77. The Labute approximate surface area is 94.1 Å². The molecule has 0 aromatic heterocycles. The molecule has 0 radical (unpaired) electrons. The molecule has 0 saturated carbocycles. The van der Waals surface area contributed by atoms with E-state index >= 15 is 0 Å². The third kappa shape index (κ3) is 5.06. The van der Waals surface area contributed by atoms with E-state index in [0.29, 0.717) is 12.2 Å². The van der Waals surface area contributed by atoms with Gasteiger partial charge in [0.05, 0.1) is 18.2 Å². The summed E-state index contributed by atoms with van der Waals surface area (Å²) in [6.45, 7) is 0. The summed E-state index contributed by atoms with van der Waals surface area (Å²) in [6, 6.07) is 0. The normalized spacial score (nSPS) is 20.1. The average Bonchev–Trinajstić information content (AvgIpc) is 2.63. The summed E-state index contributed by atoms with van der Waals surface area (Å²) >= 11 is 1.67. The molecule has 15 heavy (non-hydrogen) atoms. The van der Waals surface area contributed by atoms with E-state index in [4.69, 9.17) is 0 Å². The molecule has 1 fully saturated rings. The minimum Gasteiger partial charge on any atom is -0.469 e. The number of carbonyl (C=O) groups excluding carboxylic acids is 2. The fraction of sp³-hybridized carbons (Fsp3) is 0.800. The van der Waals surface area contributed by atoms with E-state index in [1.165, 1.54) is 7.11 Å². The van der Waals surface area contributed by atoms with Crippen LogP contribution in [0.15, 0.2) is 0 Å². The van der Waals surface area contributed by atoms with Gasteiger partial charge in [-0.25, -0.2) is 0 Å². The zero-order chi connectivity index (χ0) is 11.1. The Hall–Kier alpha value is -0.710. The van der Waals surface area contributed by atoms with E-state index in [1.54, 1.807) is 11.8 Å². The van der Waals surface area contributed by atoms with Crippen LogP contribution in [0.5, 0.6) is 0 Å². The van der Waals surface area contributed by atoms with Crippen LogP contribution in [0.1, 0.15) is 32.1 Å². The molecule has 5 heteroatoms. The molecule has 1 aliphatic rings. The van der Waals surface area contributed by atoms with Crippen LogP contribution < -0.4 is 5.32 Å².